The highest BCUT2D eigenvalue weighted by Gasteiger charge is 2.22. The van der Waals surface area contributed by atoms with Gasteiger partial charge in [0.05, 0.1) is 13.2 Å². The number of hydrogen-bond acceptors (Lipinski definition) is 4. The third-order valence-electron chi connectivity index (χ3n) is 5.14. The third kappa shape index (κ3) is 6.66. The van der Waals surface area contributed by atoms with Gasteiger partial charge in [0, 0.05) is 62.5 Å². The van der Waals surface area contributed by atoms with E-state index < -0.39 is 0 Å². The van der Waals surface area contributed by atoms with Gasteiger partial charge in [0.1, 0.15) is 0 Å². The molecule has 0 bridgehead atoms. The number of aliphatic imine (C=N–C) groups is 1. The van der Waals surface area contributed by atoms with Crippen molar-refractivity contribution in [3.05, 3.63) is 28.7 Å². The largest absolute Gasteiger partial charge is 0.379 e. The van der Waals surface area contributed by atoms with Crippen molar-refractivity contribution in [1.29, 1.82) is 0 Å². The molecule has 1 unspecified atom stereocenters. The van der Waals surface area contributed by atoms with Gasteiger partial charge in [-0.15, -0.1) is 0 Å². The SMILES string of the molecule is CCNC(=NCC1CCN(c2cccc(Br)c2)C1)NCCN1CCOCC1. The van der Waals surface area contributed by atoms with E-state index in [0.717, 1.165) is 76.0 Å². The zero-order valence-corrected chi connectivity index (χ0v) is 17.9. The van der Waals surface area contributed by atoms with Gasteiger partial charge < -0.3 is 20.3 Å². The van der Waals surface area contributed by atoms with Crippen LogP contribution in [0, 0.1) is 5.92 Å². The van der Waals surface area contributed by atoms with Crippen LogP contribution >= 0.6 is 15.9 Å². The molecule has 6 nitrogen and oxygen atoms in total. The Morgan fingerprint density at radius 2 is 2.11 bits per heavy atom. The second-order valence-electron chi connectivity index (χ2n) is 7.18. The maximum Gasteiger partial charge on any atom is 0.191 e. The first-order valence-electron chi connectivity index (χ1n) is 10.1. The Morgan fingerprint density at radius 3 is 2.89 bits per heavy atom. The number of guanidine groups is 1. The van der Waals surface area contributed by atoms with Crippen LogP contribution in [0.3, 0.4) is 0 Å². The molecule has 150 valence electrons. The summed E-state index contributed by atoms with van der Waals surface area (Å²) in [7, 11) is 0. The van der Waals surface area contributed by atoms with E-state index in [1.165, 1.54) is 12.1 Å². The predicted octanol–water partition coefficient (Wildman–Crippen LogP) is 2.16. The molecule has 1 aromatic carbocycles. The van der Waals surface area contributed by atoms with Crippen LogP contribution in [0.2, 0.25) is 0 Å². The highest BCUT2D eigenvalue weighted by atomic mass is 79.9. The van der Waals surface area contributed by atoms with E-state index in [1.54, 1.807) is 0 Å². The number of halogens is 1. The van der Waals surface area contributed by atoms with Crippen LogP contribution in [0.25, 0.3) is 0 Å². The molecule has 0 aliphatic carbocycles. The van der Waals surface area contributed by atoms with Crippen LogP contribution in [0.15, 0.2) is 33.7 Å². The molecule has 2 saturated heterocycles. The van der Waals surface area contributed by atoms with Gasteiger partial charge in [-0.1, -0.05) is 22.0 Å². The summed E-state index contributed by atoms with van der Waals surface area (Å²) in [6.45, 7) is 11.8. The van der Waals surface area contributed by atoms with Gasteiger partial charge in [0.25, 0.3) is 0 Å². The first-order chi connectivity index (χ1) is 13.2. The number of nitrogens with one attached hydrogen (secondary N) is 2. The maximum absolute atomic E-state index is 5.40. The summed E-state index contributed by atoms with van der Waals surface area (Å²) in [5, 5.41) is 6.85. The Labute approximate surface area is 171 Å². The van der Waals surface area contributed by atoms with Crippen LogP contribution in [0.4, 0.5) is 5.69 Å². The molecule has 1 aromatic rings. The summed E-state index contributed by atoms with van der Waals surface area (Å²) < 4.78 is 6.54. The van der Waals surface area contributed by atoms with E-state index in [1.807, 2.05) is 0 Å². The fraction of sp³-hybridized carbons (Fsp3) is 0.650. The second-order valence-corrected chi connectivity index (χ2v) is 8.10. The zero-order valence-electron chi connectivity index (χ0n) is 16.3. The summed E-state index contributed by atoms with van der Waals surface area (Å²) in [6.07, 6.45) is 1.20. The summed E-state index contributed by atoms with van der Waals surface area (Å²) in [5.74, 6) is 1.55. The first kappa shape index (κ1) is 20.4. The van der Waals surface area contributed by atoms with Crippen molar-refractivity contribution in [2.75, 3.05) is 70.5 Å². The maximum atomic E-state index is 5.40. The molecule has 2 aliphatic rings. The normalized spacial score (nSPS) is 21.5. The number of morpholine rings is 1. The lowest BCUT2D eigenvalue weighted by atomic mass is 10.1. The minimum Gasteiger partial charge on any atom is -0.379 e. The minimum atomic E-state index is 0.610. The topological polar surface area (TPSA) is 52.1 Å². The molecule has 3 rings (SSSR count). The second kappa shape index (κ2) is 10.9. The number of rotatable bonds is 7. The molecule has 2 N–H and O–H groups in total. The Bertz CT molecular complexity index is 606. The Morgan fingerprint density at radius 1 is 1.26 bits per heavy atom. The molecule has 0 aromatic heterocycles. The lowest BCUT2D eigenvalue weighted by Crippen LogP contribution is -2.44. The number of anilines is 1. The van der Waals surface area contributed by atoms with Crippen LogP contribution < -0.4 is 15.5 Å². The smallest absolute Gasteiger partial charge is 0.191 e. The van der Waals surface area contributed by atoms with Crippen molar-refractivity contribution in [3.8, 4) is 0 Å². The van der Waals surface area contributed by atoms with Crippen molar-refractivity contribution in [2.24, 2.45) is 10.9 Å². The molecule has 0 saturated carbocycles. The van der Waals surface area contributed by atoms with E-state index in [2.05, 4.69) is 67.6 Å². The molecular weight excluding hydrogens is 406 g/mol. The van der Waals surface area contributed by atoms with Gasteiger partial charge in [0.2, 0.25) is 0 Å². The van der Waals surface area contributed by atoms with Gasteiger partial charge in [0.15, 0.2) is 5.96 Å². The average molecular weight is 438 g/mol. The lowest BCUT2D eigenvalue weighted by molar-refractivity contribution is 0.0389. The quantitative estimate of drug-likeness (QED) is 0.505. The standard InChI is InChI=1S/C20H32BrN5O/c1-2-22-20(23-7-9-25-10-12-27-13-11-25)24-15-17-6-8-26(16-17)19-5-3-4-18(21)14-19/h3-5,14,17H,2,6-13,15-16H2,1H3,(H2,22,23,24). The fourth-order valence-corrected chi connectivity index (χ4v) is 4.00. The van der Waals surface area contributed by atoms with Gasteiger partial charge in [-0.3, -0.25) is 9.89 Å². The molecule has 7 heteroatoms. The Hall–Kier alpha value is -1.31. The Kier molecular flexibility index (Phi) is 8.23. The van der Waals surface area contributed by atoms with Gasteiger partial charge in [-0.2, -0.15) is 0 Å². The highest BCUT2D eigenvalue weighted by molar-refractivity contribution is 9.10. The summed E-state index contributed by atoms with van der Waals surface area (Å²) in [6, 6.07) is 8.57. The van der Waals surface area contributed by atoms with E-state index in [9.17, 15) is 0 Å². The van der Waals surface area contributed by atoms with Gasteiger partial charge in [-0.25, -0.2) is 0 Å². The van der Waals surface area contributed by atoms with Gasteiger partial charge in [-0.05, 0) is 37.5 Å². The van der Waals surface area contributed by atoms with Crippen molar-refractivity contribution in [2.45, 2.75) is 13.3 Å². The number of nitrogens with zero attached hydrogens (tertiary/aromatic N) is 3. The summed E-state index contributed by atoms with van der Waals surface area (Å²) in [5.41, 5.74) is 1.30. The molecule has 0 amide bonds. The summed E-state index contributed by atoms with van der Waals surface area (Å²) >= 11 is 3.57. The third-order valence-corrected chi connectivity index (χ3v) is 5.63. The monoisotopic (exact) mass is 437 g/mol. The lowest BCUT2D eigenvalue weighted by Gasteiger charge is -2.26. The number of benzene rings is 1. The van der Waals surface area contributed by atoms with Crippen molar-refractivity contribution >= 4 is 27.6 Å². The van der Waals surface area contributed by atoms with Crippen LogP contribution in [0.5, 0.6) is 0 Å². The molecule has 1 atom stereocenters. The van der Waals surface area contributed by atoms with Gasteiger partial charge >= 0.3 is 0 Å². The number of ether oxygens (including phenoxy) is 1. The van der Waals surface area contributed by atoms with E-state index in [4.69, 9.17) is 9.73 Å². The summed E-state index contributed by atoms with van der Waals surface area (Å²) in [4.78, 5) is 9.74. The molecule has 0 spiro atoms. The molecule has 2 aliphatic heterocycles. The van der Waals surface area contributed by atoms with Crippen molar-refractivity contribution < 1.29 is 4.74 Å². The molecule has 2 heterocycles. The van der Waals surface area contributed by atoms with Crippen LogP contribution in [-0.4, -0.2) is 76.4 Å². The minimum absolute atomic E-state index is 0.610. The molecule has 2 fully saturated rings. The fourth-order valence-electron chi connectivity index (χ4n) is 3.61. The van der Waals surface area contributed by atoms with Crippen LogP contribution in [-0.2, 0) is 4.74 Å². The zero-order chi connectivity index (χ0) is 18.9. The number of hydrogen-bond donors (Lipinski definition) is 2. The van der Waals surface area contributed by atoms with E-state index in [-0.39, 0.29) is 0 Å². The molecule has 0 radical (unpaired) electrons. The molecule has 27 heavy (non-hydrogen) atoms. The van der Waals surface area contributed by atoms with E-state index >= 15 is 0 Å². The van der Waals surface area contributed by atoms with Crippen molar-refractivity contribution in [1.82, 2.24) is 15.5 Å². The highest BCUT2D eigenvalue weighted by Crippen LogP contribution is 2.26. The molecular formula is C20H32BrN5O. The predicted molar refractivity (Wildman–Crippen MR) is 116 cm³/mol. The van der Waals surface area contributed by atoms with E-state index in [0.29, 0.717) is 5.92 Å². The Balaban J connectivity index is 1.43. The first-order valence-corrected chi connectivity index (χ1v) is 10.9. The van der Waals surface area contributed by atoms with Crippen LogP contribution in [0.1, 0.15) is 13.3 Å². The average Bonchev–Trinajstić information content (AvgIpc) is 3.16. The van der Waals surface area contributed by atoms with Crippen molar-refractivity contribution in [3.63, 3.8) is 0 Å².